The Labute approximate surface area is 222 Å². The minimum absolute atomic E-state index is 0.0562. The molecule has 8 heteroatoms. The molecule has 4 rings (SSSR count). The zero-order chi connectivity index (χ0) is 26.7. The van der Waals surface area contributed by atoms with Crippen LogP contribution in [0.15, 0.2) is 78.9 Å². The molecule has 8 nitrogen and oxygen atoms in total. The van der Waals surface area contributed by atoms with Gasteiger partial charge in [-0.05, 0) is 47.1 Å². The van der Waals surface area contributed by atoms with Crippen molar-refractivity contribution in [3.05, 3.63) is 95.6 Å². The molecule has 0 heterocycles. The fourth-order valence-corrected chi connectivity index (χ4v) is 4.66. The topological polar surface area (TPSA) is 106 Å². The SMILES string of the molecule is CNC(=O)[C@@H](CCCCNC(=O)OCc1ccccc1)NC(=O)OCC1c2ccccc2-c2ccccc21. The van der Waals surface area contributed by atoms with E-state index in [-0.39, 0.29) is 25.0 Å². The van der Waals surface area contributed by atoms with E-state index in [1.165, 1.54) is 7.05 Å². The van der Waals surface area contributed by atoms with Gasteiger partial charge in [-0.1, -0.05) is 78.9 Å². The molecule has 0 saturated heterocycles. The molecule has 0 bridgehead atoms. The number of likely N-dealkylation sites (N-methyl/N-ethyl adjacent to an activating group) is 1. The maximum Gasteiger partial charge on any atom is 0.407 e. The minimum atomic E-state index is -0.735. The van der Waals surface area contributed by atoms with Gasteiger partial charge in [-0.2, -0.15) is 0 Å². The van der Waals surface area contributed by atoms with Gasteiger partial charge in [0.05, 0.1) is 0 Å². The monoisotopic (exact) mass is 515 g/mol. The lowest BCUT2D eigenvalue weighted by Gasteiger charge is -2.19. The van der Waals surface area contributed by atoms with Crippen molar-refractivity contribution >= 4 is 18.1 Å². The maximum absolute atomic E-state index is 12.6. The first-order chi connectivity index (χ1) is 18.6. The molecule has 3 aromatic rings. The lowest BCUT2D eigenvalue weighted by atomic mass is 9.98. The van der Waals surface area contributed by atoms with Crippen LogP contribution in [-0.2, 0) is 20.9 Å². The Kier molecular flexibility index (Phi) is 9.34. The molecule has 1 atom stereocenters. The molecule has 1 aliphatic rings. The number of nitrogens with one attached hydrogen (secondary N) is 3. The molecule has 0 aliphatic heterocycles. The Hall–Kier alpha value is -4.33. The highest BCUT2D eigenvalue weighted by atomic mass is 16.6. The zero-order valence-corrected chi connectivity index (χ0v) is 21.4. The van der Waals surface area contributed by atoms with Crippen LogP contribution >= 0.6 is 0 Å². The number of alkyl carbamates (subject to hydrolysis) is 2. The van der Waals surface area contributed by atoms with Crippen LogP contribution in [0.25, 0.3) is 11.1 Å². The summed E-state index contributed by atoms with van der Waals surface area (Å²) in [4.78, 5) is 36.9. The summed E-state index contributed by atoms with van der Waals surface area (Å²) in [5, 5.41) is 7.98. The first kappa shape index (κ1) is 26.7. The molecule has 0 aromatic heterocycles. The van der Waals surface area contributed by atoms with E-state index in [4.69, 9.17) is 9.47 Å². The highest BCUT2D eigenvalue weighted by molar-refractivity contribution is 5.85. The summed E-state index contributed by atoms with van der Waals surface area (Å²) in [5.41, 5.74) is 5.46. The highest BCUT2D eigenvalue weighted by Gasteiger charge is 2.29. The molecule has 0 radical (unpaired) electrons. The number of unbranched alkanes of at least 4 members (excludes halogenated alkanes) is 1. The maximum atomic E-state index is 12.6. The molecule has 3 amide bonds. The molecule has 38 heavy (non-hydrogen) atoms. The average Bonchev–Trinajstić information content (AvgIpc) is 3.28. The van der Waals surface area contributed by atoms with Gasteiger partial charge in [0, 0.05) is 19.5 Å². The largest absolute Gasteiger partial charge is 0.449 e. The van der Waals surface area contributed by atoms with Crippen molar-refractivity contribution in [2.75, 3.05) is 20.2 Å². The Balaban J connectivity index is 1.20. The van der Waals surface area contributed by atoms with Crippen LogP contribution in [0.3, 0.4) is 0 Å². The first-order valence-corrected chi connectivity index (χ1v) is 12.8. The third kappa shape index (κ3) is 6.91. The number of benzene rings is 3. The Morgan fingerprint density at radius 2 is 1.42 bits per heavy atom. The number of carbonyl (C=O) groups excluding carboxylic acids is 3. The van der Waals surface area contributed by atoms with Crippen LogP contribution in [0.1, 0.15) is 41.9 Å². The van der Waals surface area contributed by atoms with Crippen molar-refractivity contribution in [2.24, 2.45) is 0 Å². The average molecular weight is 516 g/mol. The second kappa shape index (κ2) is 13.3. The predicted octanol–water partition coefficient (Wildman–Crippen LogP) is 4.74. The van der Waals surface area contributed by atoms with Gasteiger partial charge >= 0.3 is 12.2 Å². The van der Waals surface area contributed by atoms with Gasteiger partial charge in [-0.3, -0.25) is 4.79 Å². The van der Waals surface area contributed by atoms with Crippen LogP contribution in [-0.4, -0.2) is 44.3 Å². The standard InChI is InChI=1S/C30H33N3O5/c1-31-28(34)27(17-9-10-18-32-29(35)37-19-21-11-3-2-4-12-21)33-30(36)38-20-26-24-15-7-5-13-22(24)23-14-6-8-16-25(23)26/h2-8,11-16,26-27H,9-10,17-20H2,1H3,(H,31,34)(H,32,35)(H,33,36)/t27-/m1/s1. The number of ether oxygens (including phenoxy) is 2. The summed E-state index contributed by atoms with van der Waals surface area (Å²) in [6.45, 7) is 0.782. The predicted molar refractivity (Wildman–Crippen MR) is 145 cm³/mol. The molecular formula is C30H33N3O5. The van der Waals surface area contributed by atoms with E-state index in [0.29, 0.717) is 25.8 Å². The zero-order valence-electron chi connectivity index (χ0n) is 21.4. The number of hydrogen-bond acceptors (Lipinski definition) is 5. The molecule has 3 N–H and O–H groups in total. The van der Waals surface area contributed by atoms with Gasteiger partial charge < -0.3 is 25.4 Å². The Bertz CT molecular complexity index is 1200. The van der Waals surface area contributed by atoms with Crippen LogP contribution < -0.4 is 16.0 Å². The molecular weight excluding hydrogens is 482 g/mol. The smallest absolute Gasteiger partial charge is 0.407 e. The van der Waals surface area contributed by atoms with E-state index < -0.39 is 18.2 Å². The van der Waals surface area contributed by atoms with E-state index >= 15 is 0 Å². The van der Waals surface area contributed by atoms with Crippen molar-refractivity contribution in [3.8, 4) is 11.1 Å². The van der Waals surface area contributed by atoms with E-state index in [1.54, 1.807) is 0 Å². The van der Waals surface area contributed by atoms with Crippen molar-refractivity contribution in [1.29, 1.82) is 0 Å². The summed E-state index contributed by atoms with van der Waals surface area (Å²) < 4.78 is 10.8. The van der Waals surface area contributed by atoms with Gasteiger partial charge in [-0.25, -0.2) is 9.59 Å². The molecule has 0 saturated carbocycles. The number of carbonyl (C=O) groups is 3. The van der Waals surface area contributed by atoms with Gasteiger partial charge in [0.15, 0.2) is 0 Å². The second-order valence-electron chi connectivity index (χ2n) is 9.12. The first-order valence-electron chi connectivity index (χ1n) is 12.8. The molecule has 0 spiro atoms. The van der Waals surface area contributed by atoms with Gasteiger partial charge in [0.1, 0.15) is 19.3 Å². The molecule has 0 unspecified atom stereocenters. The van der Waals surface area contributed by atoms with Crippen LogP contribution in [0.5, 0.6) is 0 Å². The van der Waals surface area contributed by atoms with Crippen molar-refractivity contribution in [3.63, 3.8) is 0 Å². The molecule has 198 valence electrons. The lowest BCUT2D eigenvalue weighted by Crippen LogP contribution is -2.46. The molecule has 1 aliphatic carbocycles. The number of fused-ring (bicyclic) bond motifs is 3. The van der Waals surface area contributed by atoms with Crippen molar-refractivity contribution in [2.45, 2.75) is 37.8 Å². The normalized spacial score (nSPS) is 12.6. The summed E-state index contributed by atoms with van der Waals surface area (Å²) in [6.07, 6.45) is 0.516. The lowest BCUT2D eigenvalue weighted by molar-refractivity contribution is -0.122. The summed E-state index contributed by atoms with van der Waals surface area (Å²) in [7, 11) is 1.53. The van der Waals surface area contributed by atoms with Gasteiger partial charge in [0.25, 0.3) is 0 Å². The summed E-state index contributed by atoms with van der Waals surface area (Å²) in [5.74, 6) is -0.354. The second-order valence-corrected chi connectivity index (χ2v) is 9.12. The van der Waals surface area contributed by atoms with E-state index in [0.717, 1.165) is 27.8 Å². The van der Waals surface area contributed by atoms with Crippen molar-refractivity contribution in [1.82, 2.24) is 16.0 Å². The van der Waals surface area contributed by atoms with E-state index in [9.17, 15) is 14.4 Å². The highest BCUT2D eigenvalue weighted by Crippen LogP contribution is 2.44. The Morgan fingerprint density at radius 3 is 2.08 bits per heavy atom. The minimum Gasteiger partial charge on any atom is -0.449 e. The summed E-state index contributed by atoms with van der Waals surface area (Å²) >= 11 is 0. The molecule has 0 fully saturated rings. The summed E-state index contributed by atoms with van der Waals surface area (Å²) in [6, 6.07) is 24.9. The van der Waals surface area contributed by atoms with Crippen LogP contribution in [0, 0.1) is 0 Å². The third-order valence-electron chi connectivity index (χ3n) is 6.60. The number of hydrogen-bond donors (Lipinski definition) is 3. The third-order valence-corrected chi connectivity index (χ3v) is 6.60. The van der Waals surface area contributed by atoms with Crippen LogP contribution in [0.4, 0.5) is 9.59 Å². The van der Waals surface area contributed by atoms with E-state index in [2.05, 4.69) is 40.2 Å². The quantitative estimate of drug-likeness (QED) is 0.320. The Morgan fingerprint density at radius 1 is 0.789 bits per heavy atom. The van der Waals surface area contributed by atoms with Crippen LogP contribution in [0.2, 0.25) is 0 Å². The van der Waals surface area contributed by atoms with E-state index in [1.807, 2.05) is 54.6 Å². The van der Waals surface area contributed by atoms with Crippen molar-refractivity contribution < 1.29 is 23.9 Å². The fraction of sp³-hybridized carbons (Fsp3) is 0.300. The number of rotatable bonds is 11. The van der Waals surface area contributed by atoms with Gasteiger partial charge in [-0.15, -0.1) is 0 Å². The fourth-order valence-electron chi connectivity index (χ4n) is 4.66. The molecule has 3 aromatic carbocycles. The van der Waals surface area contributed by atoms with Gasteiger partial charge in [0.2, 0.25) is 5.91 Å². The number of amides is 3.